The van der Waals surface area contributed by atoms with Crippen LogP contribution in [0.5, 0.6) is 0 Å². The van der Waals surface area contributed by atoms with Crippen molar-refractivity contribution in [1.82, 2.24) is 15.3 Å². The first-order valence-electron chi connectivity index (χ1n) is 12.4. The number of pyridine rings is 2. The number of anilines is 2. The highest BCUT2D eigenvalue weighted by molar-refractivity contribution is 6.00. The van der Waals surface area contributed by atoms with Gasteiger partial charge in [-0.05, 0) is 67.5 Å². The lowest BCUT2D eigenvalue weighted by Gasteiger charge is -2.27. The van der Waals surface area contributed by atoms with Gasteiger partial charge in [-0.3, -0.25) is 14.8 Å². The van der Waals surface area contributed by atoms with Gasteiger partial charge in [0.1, 0.15) is 11.6 Å². The number of aliphatic hydroxyl groups is 1. The largest absolute Gasteiger partial charge is 0.391 e. The quantitative estimate of drug-likeness (QED) is 0.360. The van der Waals surface area contributed by atoms with Crippen molar-refractivity contribution in [2.24, 2.45) is 5.92 Å². The Morgan fingerprint density at radius 3 is 2.50 bits per heavy atom. The highest BCUT2D eigenvalue weighted by Gasteiger charge is 2.30. The summed E-state index contributed by atoms with van der Waals surface area (Å²) < 4.78 is 28.3. The first-order valence-corrected chi connectivity index (χ1v) is 12.4. The number of nitrogens with zero attached hydrogens (tertiary/aromatic N) is 2. The number of hydrogen-bond donors (Lipinski definition) is 3. The lowest BCUT2D eigenvalue weighted by atomic mass is 9.93. The fraction of sp³-hybridized carbons (Fsp3) is 0.393. The summed E-state index contributed by atoms with van der Waals surface area (Å²) in [6, 6.07) is 6.25. The summed E-state index contributed by atoms with van der Waals surface area (Å²) in [5, 5.41) is 16.7. The van der Waals surface area contributed by atoms with E-state index in [1.54, 1.807) is 31.5 Å². The van der Waals surface area contributed by atoms with Gasteiger partial charge >= 0.3 is 0 Å². The summed E-state index contributed by atoms with van der Waals surface area (Å²) in [7, 11) is 0. The van der Waals surface area contributed by atoms with Crippen LogP contribution in [-0.2, 0) is 0 Å². The van der Waals surface area contributed by atoms with Gasteiger partial charge in [0, 0.05) is 29.8 Å². The maximum atomic E-state index is 14.4. The Balaban J connectivity index is 1.67. The van der Waals surface area contributed by atoms with Gasteiger partial charge in [-0.15, -0.1) is 0 Å². The van der Waals surface area contributed by atoms with E-state index >= 15 is 0 Å². The molecule has 4 rings (SSSR count). The Morgan fingerprint density at radius 1 is 1.06 bits per heavy atom. The van der Waals surface area contributed by atoms with Crippen molar-refractivity contribution in [3.63, 3.8) is 0 Å². The van der Waals surface area contributed by atoms with Gasteiger partial charge in [0.15, 0.2) is 0 Å². The van der Waals surface area contributed by atoms with Crippen molar-refractivity contribution in [2.45, 2.75) is 64.5 Å². The van der Waals surface area contributed by atoms with Crippen molar-refractivity contribution >= 4 is 17.3 Å². The van der Waals surface area contributed by atoms with Crippen LogP contribution in [-0.4, -0.2) is 33.1 Å². The minimum absolute atomic E-state index is 0.0531. The summed E-state index contributed by atoms with van der Waals surface area (Å²) >= 11 is 0. The molecule has 190 valence electrons. The first kappa shape index (κ1) is 25.7. The molecule has 2 aromatic heterocycles. The third-order valence-corrected chi connectivity index (χ3v) is 6.82. The minimum Gasteiger partial charge on any atom is -0.391 e. The Labute approximate surface area is 210 Å². The molecule has 0 saturated heterocycles. The van der Waals surface area contributed by atoms with Crippen LogP contribution in [0.25, 0.3) is 11.3 Å². The molecule has 1 aliphatic carbocycles. The van der Waals surface area contributed by atoms with Crippen LogP contribution >= 0.6 is 0 Å². The molecule has 6 nitrogen and oxygen atoms in total. The van der Waals surface area contributed by atoms with Crippen molar-refractivity contribution in [1.29, 1.82) is 0 Å². The normalized spacial score (nSPS) is 15.6. The summed E-state index contributed by atoms with van der Waals surface area (Å²) in [4.78, 5) is 21.8. The fourth-order valence-electron chi connectivity index (χ4n) is 4.88. The van der Waals surface area contributed by atoms with E-state index in [9.17, 15) is 18.7 Å². The molecule has 1 saturated carbocycles. The molecule has 1 fully saturated rings. The van der Waals surface area contributed by atoms with Gasteiger partial charge in [0.25, 0.3) is 5.91 Å². The molecule has 3 aromatic rings. The molecule has 36 heavy (non-hydrogen) atoms. The molecule has 0 aliphatic heterocycles. The molecule has 1 aromatic carbocycles. The van der Waals surface area contributed by atoms with Crippen LogP contribution in [0, 0.1) is 17.6 Å². The maximum Gasteiger partial charge on any atom is 0.255 e. The number of benzene rings is 1. The molecular formula is C28H32F2N4O2. The third-order valence-electron chi connectivity index (χ3n) is 6.82. The number of rotatable bonds is 8. The number of carbonyl (C=O) groups is 1. The minimum atomic E-state index is -0.679. The van der Waals surface area contributed by atoms with E-state index in [0.29, 0.717) is 16.9 Å². The third kappa shape index (κ3) is 5.70. The van der Waals surface area contributed by atoms with E-state index < -0.39 is 17.7 Å². The molecule has 0 radical (unpaired) electrons. The van der Waals surface area contributed by atoms with Crippen molar-refractivity contribution in [3.8, 4) is 11.3 Å². The number of carbonyl (C=O) groups excluding carboxylic acids is 1. The van der Waals surface area contributed by atoms with Gasteiger partial charge < -0.3 is 15.7 Å². The molecule has 1 amide bonds. The zero-order valence-electron chi connectivity index (χ0n) is 20.8. The van der Waals surface area contributed by atoms with Gasteiger partial charge in [0.05, 0.1) is 29.1 Å². The molecular weight excluding hydrogens is 462 g/mol. The highest BCUT2D eigenvalue weighted by Crippen LogP contribution is 2.33. The van der Waals surface area contributed by atoms with E-state index in [-0.39, 0.29) is 35.0 Å². The summed E-state index contributed by atoms with van der Waals surface area (Å²) in [6.07, 6.45) is 8.15. The van der Waals surface area contributed by atoms with Crippen LogP contribution in [0.1, 0.15) is 68.3 Å². The number of halogens is 2. The van der Waals surface area contributed by atoms with Crippen LogP contribution in [0.4, 0.5) is 20.2 Å². The Kier molecular flexibility index (Phi) is 7.94. The average Bonchev–Trinajstić information content (AvgIpc) is 3.38. The average molecular weight is 495 g/mol. The number of hydrogen-bond acceptors (Lipinski definition) is 5. The molecule has 3 N–H and O–H groups in total. The first-order chi connectivity index (χ1) is 17.2. The predicted octanol–water partition coefficient (Wildman–Crippen LogP) is 5.96. The highest BCUT2D eigenvalue weighted by atomic mass is 19.1. The molecule has 2 heterocycles. The zero-order valence-corrected chi connectivity index (χ0v) is 20.8. The van der Waals surface area contributed by atoms with Crippen LogP contribution < -0.4 is 10.6 Å². The molecule has 8 heteroatoms. The standard InChI is InChI=1S/C28H32F2N4O2/c1-16(2)21-15-32-25(20-12-19(29)8-9-23(20)30)13-26(21)33-24-10-11-31-14-22(24)28(36)34-27(17(3)35)18-6-4-5-7-18/h8-18,27,35H,4-7H2,1-3H3,(H,34,36)(H,31,32,33)/t17-,27?/m0/s1. The maximum absolute atomic E-state index is 14.4. The van der Waals surface area contributed by atoms with Crippen LogP contribution in [0.15, 0.2) is 48.9 Å². The smallest absolute Gasteiger partial charge is 0.255 e. The van der Waals surface area contributed by atoms with Gasteiger partial charge in [0.2, 0.25) is 0 Å². The molecule has 1 aliphatic rings. The number of aliphatic hydroxyl groups excluding tert-OH is 1. The lowest BCUT2D eigenvalue weighted by molar-refractivity contribution is 0.0781. The summed E-state index contributed by atoms with van der Waals surface area (Å²) in [6.45, 7) is 5.70. The molecule has 1 unspecified atom stereocenters. The van der Waals surface area contributed by atoms with E-state index in [1.165, 1.54) is 6.20 Å². The van der Waals surface area contributed by atoms with Crippen molar-refractivity contribution in [2.75, 3.05) is 5.32 Å². The predicted molar refractivity (Wildman–Crippen MR) is 136 cm³/mol. The van der Waals surface area contributed by atoms with E-state index in [1.807, 2.05) is 13.8 Å². The molecule has 0 bridgehead atoms. The second kappa shape index (κ2) is 11.1. The summed E-state index contributed by atoms with van der Waals surface area (Å²) in [5.74, 6) is -1.16. The number of nitrogens with one attached hydrogen (secondary N) is 2. The molecule has 0 spiro atoms. The second-order valence-electron chi connectivity index (χ2n) is 9.77. The number of amides is 1. The van der Waals surface area contributed by atoms with Crippen LogP contribution in [0.2, 0.25) is 0 Å². The zero-order chi connectivity index (χ0) is 25.8. The van der Waals surface area contributed by atoms with Gasteiger partial charge in [-0.2, -0.15) is 0 Å². The van der Waals surface area contributed by atoms with Crippen molar-refractivity contribution in [3.05, 3.63) is 71.7 Å². The second-order valence-corrected chi connectivity index (χ2v) is 9.77. The van der Waals surface area contributed by atoms with Crippen LogP contribution in [0.3, 0.4) is 0 Å². The Morgan fingerprint density at radius 2 is 1.81 bits per heavy atom. The lowest BCUT2D eigenvalue weighted by Crippen LogP contribution is -2.46. The Bertz CT molecular complexity index is 1230. The van der Waals surface area contributed by atoms with Gasteiger partial charge in [-0.25, -0.2) is 8.78 Å². The Hall–Kier alpha value is -3.39. The van der Waals surface area contributed by atoms with Gasteiger partial charge in [-0.1, -0.05) is 26.7 Å². The van der Waals surface area contributed by atoms with E-state index in [4.69, 9.17) is 0 Å². The van der Waals surface area contributed by atoms with E-state index in [2.05, 4.69) is 20.6 Å². The monoisotopic (exact) mass is 494 g/mol. The topological polar surface area (TPSA) is 87.1 Å². The number of aromatic nitrogens is 2. The summed E-state index contributed by atoms with van der Waals surface area (Å²) in [5.41, 5.74) is 2.64. The van der Waals surface area contributed by atoms with Crippen molar-refractivity contribution < 1.29 is 18.7 Å². The molecule has 2 atom stereocenters. The van der Waals surface area contributed by atoms with E-state index in [0.717, 1.165) is 49.4 Å². The SMILES string of the molecule is CC(C)c1cnc(-c2cc(F)ccc2F)cc1Nc1ccncc1C(=O)NC(C1CCCC1)[C@H](C)O. The fourth-order valence-corrected chi connectivity index (χ4v) is 4.88.